The first kappa shape index (κ1) is 23.4. The van der Waals surface area contributed by atoms with E-state index in [0.717, 1.165) is 41.9 Å². The second-order valence-corrected chi connectivity index (χ2v) is 9.53. The van der Waals surface area contributed by atoms with Crippen LogP contribution in [0.1, 0.15) is 24.2 Å². The number of hydrogen-bond acceptors (Lipinski definition) is 6. The number of aryl methyl sites for hydroxylation is 1. The average molecular weight is 493 g/mol. The Bertz CT molecular complexity index is 1410. The quantitative estimate of drug-likeness (QED) is 0.280. The molecule has 182 valence electrons. The molecule has 35 heavy (non-hydrogen) atoms. The van der Waals surface area contributed by atoms with Gasteiger partial charge in [-0.1, -0.05) is 23.7 Å². The summed E-state index contributed by atoms with van der Waals surface area (Å²) >= 11 is 6.06. The molecule has 8 nitrogen and oxygen atoms in total. The molecule has 4 aromatic rings. The monoisotopic (exact) mass is 492 g/mol. The zero-order valence-electron chi connectivity index (χ0n) is 19.7. The van der Waals surface area contributed by atoms with Crippen LogP contribution in [0.2, 0.25) is 5.02 Å². The van der Waals surface area contributed by atoms with Gasteiger partial charge in [-0.2, -0.15) is 0 Å². The number of halogens is 1. The Morgan fingerprint density at radius 3 is 2.94 bits per heavy atom. The van der Waals surface area contributed by atoms with E-state index in [0.29, 0.717) is 33.7 Å². The van der Waals surface area contributed by atoms with E-state index < -0.39 is 6.10 Å². The SMILES string of the molecule is Cc1cc(N2CCN[C@H](C)C2)cc2[nH]c(-c3c(NCC(O)c4cccc(Cl)c4)cc[nH]c3=O)nc12. The van der Waals surface area contributed by atoms with Crippen molar-refractivity contribution in [2.75, 3.05) is 36.4 Å². The first-order chi connectivity index (χ1) is 16.9. The number of H-pyrrole nitrogens is 2. The molecule has 3 heterocycles. The van der Waals surface area contributed by atoms with Crippen molar-refractivity contribution >= 4 is 34.0 Å². The highest BCUT2D eigenvalue weighted by atomic mass is 35.5. The Hall–Kier alpha value is -3.33. The van der Waals surface area contributed by atoms with Crippen LogP contribution in [0.3, 0.4) is 0 Å². The van der Waals surface area contributed by atoms with Crippen molar-refractivity contribution in [3.05, 3.63) is 75.2 Å². The van der Waals surface area contributed by atoms with Crippen LogP contribution in [0.5, 0.6) is 0 Å². The number of nitrogens with one attached hydrogen (secondary N) is 4. The number of benzene rings is 2. The molecule has 0 spiro atoms. The van der Waals surface area contributed by atoms with Gasteiger partial charge < -0.3 is 30.6 Å². The smallest absolute Gasteiger partial charge is 0.261 e. The topological polar surface area (TPSA) is 109 Å². The standard InChI is InChI=1S/C26H29ClN6O2/c1-15-10-19(33-9-8-28-16(2)14-33)12-21-24(15)32-25(31-21)23-20(6-7-29-26(23)35)30-13-22(34)17-4-3-5-18(27)11-17/h3-7,10-12,16,22,28,34H,8-9,13-14H2,1-2H3,(H,31,32)(H2,29,30,35)/t16-,22?/m1/s1. The van der Waals surface area contributed by atoms with Crippen LogP contribution < -0.4 is 21.1 Å². The molecule has 2 atom stereocenters. The summed E-state index contributed by atoms with van der Waals surface area (Å²) in [6, 6.07) is 13.6. The molecule has 1 saturated heterocycles. The van der Waals surface area contributed by atoms with Crippen molar-refractivity contribution in [3.63, 3.8) is 0 Å². The second kappa shape index (κ2) is 9.73. The van der Waals surface area contributed by atoms with Gasteiger partial charge in [0.05, 0.1) is 22.8 Å². The number of rotatable bonds is 6. The van der Waals surface area contributed by atoms with E-state index in [9.17, 15) is 9.90 Å². The Kier molecular flexibility index (Phi) is 6.51. The molecule has 1 aliphatic heterocycles. The van der Waals surface area contributed by atoms with Gasteiger partial charge in [-0.3, -0.25) is 4.79 Å². The zero-order chi connectivity index (χ0) is 24.5. The number of pyridine rings is 1. The highest BCUT2D eigenvalue weighted by Gasteiger charge is 2.20. The van der Waals surface area contributed by atoms with Gasteiger partial charge in [0.25, 0.3) is 5.56 Å². The summed E-state index contributed by atoms with van der Waals surface area (Å²) in [4.78, 5) is 26.1. The number of nitrogens with zero attached hydrogens (tertiary/aromatic N) is 2. The fourth-order valence-electron chi connectivity index (χ4n) is 4.64. The number of aromatic nitrogens is 3. The molecule has 0 saturated carbocycles. The zero-order valence-corrected chi connectivity index (χ0v) is 20.5. The predicted molar refractivity (Wildman–Crippen MR) is 141 cm³/mol. The molecule has 9 heteroatoms. The summed E-state index contributed by atoms with van der Waals surface area (Å²) in [5.74, 6) is 0.482. The number of aromatic amines is 2. The molecule has 1 aliphatic rings. The van der Waals surface area contributed by atoms with Crippen molar-refractivity contribution in [2.24, 2.45) is 0 Å². The number of imidazole rings is 1. The fourth-order valence-corrected chi connectivity index (χ4v) is 4.84. The Labute approximate surface area is 208 Å². The number of anilines is 2. The first-order valence-corrected chi connectivity index (χ1v) is 12.1. The lowest BCUT2D eigenvalue weighted by molar-refractivity contribution is 0.191. The van der Waals surface area contributed by atoms with Gasteiger partial charge in [-0.25, -0.2) is 4.98 Å². The molecule has 0 radical (unpaired) electrons. The van der Waals surface area contributed by atoms with Crippen molar-refractivity contribution in [1.29, 1.82) is 0 Å². The maximum absolute atomic E-state index is 12.9. The van der Waals surface area contributed by atoms with Gasteiger partial charge in [-0.15, -0.1) is 0 Å². The molecule has 5 rings (SSSR count). The van der Waals surface area contributed by atoms with E-state index in [-0.39, 0.29) is 12.1 Å². The summed E-state index contributed by atoms with van der Waals surface area (Å²) in [5, 5.41) is 17.9. The lowest BCUT2D eigenvalue weighted by Gasteiger charge is -2.33. The van der Waals surface area contributed by atoms with Gasteiger partial charge >= 0.3 is 0 Å². The summed E-state index contributed by atoms with van der Waals surface area (Å²) in [6.07, 6.45) is 0.792. The summed E-state index contributed by atoms with van der Waals surface area (Å²) in [7, 11) is 0. The minimum absolute atomic E-state index is 0.210. The predicted octanol–water partition coefficient (Wildman–Crippen LogP) is 3.82. The van der Waals surface area contributed by atoms with Crippen LogP contribution in [-0.4, -0.2) is 52.3 Å². The van der Waals surface area contributed by atoms with Gasteiger partial charge in [-0.05, 0) is 55.3 Å². The largest absolute Gasteiger partial charge is 0.387 e. The summed E-state index contributed by atoms with van der Waals surface area (Å²) in [5.41, 5.74) is 5.33. The molecule has 0 bridgehead atoms. The van der Waals surface area contributed by atoms with E-state index in [2.05, 4.69) is 44.6 Å². The molecule has 0 amide bonds. The second-order valence-electron chi connectivity index (χ2n) is 9.09. The van der Waals surface area contributed by atoms with Crippen LogP contribution in [0, 0.1) is 6.92 Å². The van der Waals surface area contributed by atoms with Crippen LogP contribution in [0.15, 0.2) is 53.5 Å². The molecule has 1 unspecified atom stereocenters. The maximum Gasteiger partial charge on any atom is 0.261 e. The number of aliphatic hydroxyl groups is 1. The third kappa shape index (κ3) is 4.91. The molecular formula is C26H29ClN6O2. The van der Waals surface area contributed by atoms with Crippen LogP contribution in [-0.2, 0) is 0 Å². The highest BCUT2D eigenvalue weighted by Crippen LogP contribution is 2.30. The molecule has 2 aromatic carbocycles. The minimum atomic E-state index is -0.789. The van der Waals surface area contributed by atoms with Crippen LogP contribution >= 0.6 is 11.6 Å². The summed E-state index contributed by atoms with van der Waals surface area (Å²) < 4.78 is 0. The number of aliphatic hydroxyl groups excluding tert-OH is 1. The fraction of sp³-hybridized carbons (Fsp3) is 0.308. The Morgan fingerprint density at radius 1 is 1.29 bits per heavy atom. The van der Waals surface area contributed by atoms with Crippen LogP contribution in [0.25, 0.3) is 22.4 Å². The van der Waals surface area contributed by atoms with Gasteiger partial charge in [0.15, 0.2) is 0 Å². The molecule has 1 fully saturated rings. The number of hydrogen-bond donors (Lipinski definition) is 5. The molecule has 0 aliphatic carbocycles. The lowest BCUT2D eigenvalue weighted by Crippen LogP contribution is -2.49. The van der Waals surface area contributed by atoms with Gasteiger partial charge in [0.2, 0.25) is 0 Å². The molecular weight excluding hydrogens is 464 g/mol. The highest BCUT2D eigenvalue weighted by molar-refractivity contribution is 6.30. The average Bonchev–Trinajstić information content (AvgIpc) is 3.27. The minimum Gasteiger partial charge on any atom is -0.387 e. The Balaban J connectivity index is 1.45. The van der Waals surface area contributed by atoms with E-state index >= 15 is 0 Å². The Morgan fingerprint density at radius 2 is 2.14 bits per heavy atom. The third-order valence-corrected chi connectivity index (χ3v) is 6.65. The molecule has 2 aromatic heterocycles. The molecule has 5 N–H and O–H groups in total. The van der Waals surface area contributed by atoms with Crippen molar-refractivity contribution in [2.45, 2.75) is 26.0 Å². The van der Waals surface area contributed by atoms with E-state index in [4.69, 9.17) is 16.6 Å². The number of fused-ring (bicyclic) bond motifs is 1. The van der Waals surface area contributed by atoms with Crippen molar-refractivity contribution in [1.82, 2.24) is 20.3 Å². The third-order valence-electron chi connectivity index (χ3n) is 6.41. The van der Waals surface area contributed by atoms with Gasteiger partial charge in [0, 0.05) is 49.1 Å². The lowest BCUT2D eigenvalue weighted by atomic mass is 10.1. The first-order valence-electron chi connectivity index (χ1n) is 11.8. The van der Waals surface area contributed by atoms with Crippen molar-refractivity contribution in [3.8, 4) is 11.4 Å². The van der Waals surface area contributed by atoms with E-state index in [1.54, 1.807) is 30.5 Å². The summed E-state index contributed by atoms with van der Waals surface area (Å²) in [6.45, 7) is 7.26. The normalized spacial score (nSPS) is 17.0. The van der Waals surface area contributed by atoms with E-state index in [1.807, 2.05) is 13.0 Å². The van der Waals surface area contributed by atoms with E-state index in [1.165, 1.54) is 0 Å². The van der Waals surface area contributed by atoms with Crippen LogP contribution in [0.4, 0.5) is 11.4 Å². The van der Waals surface area contributed by atoms with Crippen molar-refractivity contribution < 1.29 is 5.11 Å². The van der Waals surface area contributed by atoms with Gasteiger partial charge in [0.1, 0.15) is 11.4 Å². The maximum atomic E-state index is 12.9. The number of piperazine rings is 1.